The Hall–Kier alpha value is -2.13. The van der Waals surface area contributed by atoms with Gasteiger partial charge < -0.3 is 15.0 Å². The first kappa shape index (κ1) is 22.6. The van der Waals surface area contributed by atoms with Crippen molar-refractivity contribution in [2.24, 2.45) is 0 Å². The van der Waals surface area contributed by atoms with Gasteiger partial charge in [-0.25, -0.2) is 8.42 Å². The van der Waals surface area contributed by atoms with Gasteiger partial charge in [0.05, 0.1) is 7.11 Å². The molecular formula is C21H31N3O5S. The molecule has 166 valence electrons. The average molecular weight is 438 g/mol. The van der Waals surface area contributed by atoms with Crippen molar-refractivity contribution < 1.29 is 22.7 Å². The summed E-state index contributed by atoms with van der Waals surface area (Å²) < 4.78 is 33.4. The quantitative estimate of drug-likeness (QED) is 0.760. The zero-order chi connectivity index (χ0) is 21.7. The smallest absolute Gasteiger partial charge is 0.253 e. The molecule has 1 aromatic rings. The third-order valence-corrected chi connectivity index (χ3v) is 7.70. The minimum absolute atomic E-state index is 0.0471. The van der Waals surface area contributed by atoms with E-state index in [1.165, 1.54) is 24.4 Å². The van der Waals surface area contributed by atoms with Gasteiger partial charge in [-0.2, -0.15) is 4.31 Å². The maximum absolute atomic E-state index is 13.3. The molecule has 8 nitrogen and oxygen atoms in total. The molecule has 1 aromatic carbocycles. The lowest BCUT2D eigenvalue weighted by Crippen LogP contribution is -2.46. The molecule has 0 unspecified atom stereocenters. The standard InChI is InChI=1S/C21H31N3O5S/c1-16(25)22-18-9-13-23(14-10-18)21(26)17-7-8-19(29-2)20(15-17)30(27,28)24-11-5-3-4-6-12-24/h7-8,15,18H,3-6,9-14H2,1-2H3,(H,22,25). The van der Waals surface area contributed by atoms with E-state index < -0.39 is 10.0 Å². The predicted molar refractivity (Wildman–Crippen MR) is 113 cm³/mol. The summed E-state index contributed by atoms with van der Waals surface area (Å²) in [6, 6.07) is 4.69. The highest BCUT2D eigenvalue weighted by Crippen LogP contribution is 2.30. The number of hydrogen-bond donors (Lipinski definition) is 1. The van der Waals surface area contributed by atoms with Crippen molar-refractivity contribution in [3.8, 4) is 5.75 Å². The molecule has 2 aliphatic heterocycles. The van der Waals surface area contributed by atoms with Gasteiger partial charge in [-0.3, -0.25) is 9.59 Å². The fraction of sp³-hybridized carbons (Fsp3) is 0.619. The monoisotopic (exact) mass is 437 g/mol. The first-order valence-corrected chi connectivity index (χ1v) is 12.0. The Morgan fingerprint density at radius 2 is 1.67 bits per heavy atom. The predicted octanol–water partition coefficient (Wildman–Crippen LogP) is 2.00. The lowest BCUT2D eigenvalue weighted by Gasteiger charge is -2.32. The number of carbonyl (C=O) groups excluding carboxylic acids is 2. The maximum Gasteiger partial charge on any atom is 0.253 e. The summed E-state index contributed by atoms with van der Waals surface area (Å²) in [6.07, 6.45) is 5.08. The molecule has 3 rings (SSSR count). The van der Waals surface area contributed by atoms with Crippen LogP contribution in [0.1, 0.15) is 55.8 Å². The molecule has 0 bridgehead atoms. The Morgan fingerprint density at radius 1 is 1.03 bits per heavy atom. The highest BCUT2D eigenvalue weighted by molar-refractivity contribution is 7.89. The number of nitrogens with one attached hydrogen (secondary N) is 1. The summed E-state index contributed by atoms with van der Waals surface area (Å²) in [5, 5.41) is 2.89. The van der Waals surface area contributed by atoms with Crippen molar-refractivity contribution in [2.45, 2.75) is 56.4 Å². The molecule has 0 spiro atoms. The van der Waals surface area contributed by atoms with E-state index in [0.717, 1.165) is 25.7 Å². The van der Waals surface area contributed by atoms with Crippen LogP contribution >= 0.6 is 0 Å². The summed E-state index contributed by atoms with van der Waals surface area (Å²) in [7, 11) is -2.31. The first-order chi connectivity index (χ1) is 14.3. The molecule has 30 heavy (non-hydrogen) atoms. The van der Waals surface area contributed by atoms with Crippen LogP contribution in [0.2, 0.25) is 0 Å². The highest BCUT2D eigenvalue weighted by Gasteiger charge is 2.30. The molecule has 2 fully saturated rings. The number of methoxy groups -OCH3 is 1. The molecule has 0 saturated carbocycles. The largest absolute Gasteiger partial charge is 0.495 e. The van der Waals surface area contributed by atoms with Crippen LogP contribution in [0.25, 0.3) is 0 Å². The van der Waals surface area contributed by atoms with Crippen LogP contribution in [0.5, 0.6) is 5.75 Å². The van der Waals surface area contributed by atoms with E-state index in [9.17, 15) is 18.0 Å². The number of carbonyl (C=O) groups is 2. The molecule has 2 heterocycles. The second-order valence-corrected chi connectivity index (χ2v) is 9.86. The van der Waals surface area contributed by atoms with Crippen molar-refractivity contribution >= 4 is 21.8 Å². The van der Waals surface area contributed by atoms with Gasteiger partial charge in [-0.15, -0.1) is 0 Å². The number of rotatable bonds is 5. The molecule has 0 aliphatic carbocycles. The van der Waals surface area contributed by atoms with Crippen LogP contribution in [0.15, 0.2) is 23.1 Å². The zero-order valence-corrected chi connectivity index (χ0v) is 18.5. The van der Waals surface area contributed by atoms with Gasteiger partial charge in [-0.05, 0) is 43.9 Å². The molecule has 0 aromatic heterocycles. The van der Waals surface area contributed by atoms with Gasteiger partial charge in [0.2, 0.25) is 15.9 Å². The summed E-state index contributed by atoms with van der Waals surface area (Å²) in [6.45, 7) is 3.50. The van der Waals surface area contributed by atoms with Gasteiger partial charge in [0.15, 0.2) is 0 Å². The second kappa shape index (κ2) is 9.78. The Bertz CT molecular complexity index is 871. The molecule has 2 saturated heterocycles. The number of amides is 2. The van der Waals surface area contributed by atoms with Gasteiger partial charge >= 0.3 is 0 Å². The van der Waals surface area contributed by atoms with Gasteiger partial charge in [0.1, 0.15) is 10.6 Å². The summed E-state index contributed by atoms with van der Waals surface area (Å²) in [4.78, 5) is 26.0. The highest BCUT2D eigenvalue weighted by atomic mass is 32.2. The Kier molecular flexibility index (Phi) is 7.36. The molecule has 2 aliphatic rings. The molecule has 0 radical (unpaired) electrons. The van der Waals surface area contributed by atoms with Crippen LogP contribution in [0.4, 0.5) is 0 Å². The first-order valence-electron chi connectivity index (χ1n) is 10.6. The van der Waals surface area contributed by atoms with Gasteiger partial charge in [0.25, 0.3) is 5.91 Å². The number of likely N-dealkylation sites (tertiary alicyclic amines) is 1. The number of sulfonamides is 1. The van der Waals surface area contributed by atoms with Crippen LogP contribution in [-0.2, 0) is 14.8 Å². The number of ether oxygens (including phenoxy) is 1. The van der Waals surface area contributed by atoms with Crippen LogP contribution in [-0.4, -0.2) is 68.8 Å². The topological polar surface area (TPSA) is 96.0 Å². The van der Waals surface area contributed by atoms with E-state index in [1.807, 2.05) is 0 Å². The molecule has 1 N–H and O–H groups in total. The average Bonchev–Trinajstić information content (AvgIpc) is 3.03. The molecular weight excluding hydrogens is 406 g/mol. The minimum Gasteiger partial charge on any atom is -0.495 e. The Morgan fingerprint density at radius 3 is 2.23 bits per heavy atom. The van der Waals surface area contributed by atoms with Crippen molar-refractivity contribution in [1.29, 1.82) is 0 Å². The third-order valence-electron chi connectivity index (χ3n) is 5.78. The lowest BCUT2D eigenvalue weighted by atomic mass is 10.0. The summed E-state index contributed by atoms with van der Waals surface area (Å²) in [5.74, 6) is -0.0234. The molecule has 2 amide bonds. The number of nitrogens with zero attached hydrogens (tertiary/aromatic N) is 2. The van der Waals surface area contributed by atoms with Crippen LogP contribution in [0, 0.1) is 0 Å². The minimum atomic E-state index is -3.75. The fourth-order valence-electron chi connectivity index (χ4n) is 4.13. The van der Waals surface area contributed by atoms with Gasteiger partial charge in [0, 0.05) is 44.7 Å². The van der Waals surface area contributed by atoms with Crippen molar-refractivity contribution in [3.63, 3.8) is 0 Å². The van der Waals surface area contributed by atoms with E-state index in [4.69, 9.17) is 4.74 Å². The Balaban J connectivity index is 1.80. The fourth-order valence-corrected chi connectivity index (χ4v) is 5.83. The molecule has 0 atom stereocenters. The third kappa shape index (κ3) is 5.13. The summed E-state index contributed by atoms with van der Waals surface area (Å²) in [5.41, 5.74) is 0.335. The zero-order valence-electron chi connectivity index (χ0n) is 17.7. The summed E-state index contributed by atoms with van der Waals surface area (Å²) >= 11 is 0. The van der Waals surface area contributed by atoms with E-state index >= 15 is 0 Å². The number of hydrogen-bond acceptors (Lipinski definition) is 5. The van der Waals surface area contributed by atoms with E-state index in [-0.39, 0.29) is 28.5 Å². The number of benzene rings is 1. The SMILES string of the molecule is COc1ccc(C(=O)N2CCC(NC(C)=O)CC2)cc1S(=O)(=O)N1CCCCCC1. The molecule has 9 heteroatoms. The number of piperidine rings is 1. The van der Waals surface area contributed by atoms with E-state index in [2.05, 4.69) is 5.32 Å². The van der Waals surface area contributed by atoms with Crippen molar-refractivity contribution in [1.82, 2.24) is 14.5 Å². The van der Waals surface area contributed by atoms with E-state index in [0.29, 0.717) is 44.6 Å². The second-order valence-electron chi connectivity index (χ2n) is 7.95. The van der Waals surface area contributed by atoms with E-state index in [1.54, 1.807) is 17.0 Å². The van der Waals surface area contributed by atoms with Gasteiger partial charge in [-0.1, -0.05) is 12.8 Å². The maximum atomic E-state index is 13.3. The van der Waals surface area contributed by atoms with Crippen molar-refractivity contribution in [3.05, 3.63) is 23.8 Å². The lowest BCUT2D eigenvalue weighted by molar-refractivity contribution is -0.119. The normalized spacial score (nSPS) is 19.2. The van der Waals surface area contributed by atoms with Crippen molar-refractivity contribution in [2.75, 3.05) is 33.3 Å². The van der Waals surface area contributed by atoms with Crippen LogP contribution < -0.4 is 10.1 Å². The Labute approximate surface area is 178 Å². The van der Waals surface area contributed by atoms with Crippen LogP contribution in [0.3, 0.4) is 0 Å².